The lowest BCUT2D eigenvalue weighted by Crippen LogP contribution is -2.44. The fourth-order valence-corrected chi connectivity index (χ4v) is 5.03. The Kier molecular flexibility index (Phi) is 6.01. The van der Waals surface area contributed by atoms with Crippen LogP contribution in [-0.4, -0.2) is 61.6 Å². The standard InChI is InChI=1S/C17H26N2O4S/c1-4-12-7-6-8-13(5-2)17(12)18-16(21)9-19(3)14-10-24(22,23)11-15(14)20/h6-8,14-15,20H,4-5,9-11H2,1-3H3,(H,18,21). The molecule has 1 saturated heterocycles. The van der Waals surface area contributed by atoms with Gasteiger partial charge >= 0.3 is 0 Å². The van der Waals surface area contributed by atoms with Gasteiger partial charge in [-0.3, -0.25) is 9.69 Å². The molecule has 0 aliphatic carbocycles. The molecule has 1 aliphatic rings. The number of aryl methyl sites for hydroxylation is 2. The highest BCUT2D eigenvalue weighted by molar-refractivity contribution is 7.91. The molecule has 134 valence electrons. The first-order valence-corrected chi connectivity index (χ1v) is 10.1. The number of amides is 1. The zero-order valence-electron chi connectivity index (χ0n) is 14.4. The van der Waals surface area contributed by atoms with Crippen LogP contribution in [0.1, 0.15) is 25.0 Å². The zero-order valence-corrected chi connectivity index (χ0v) is 15.3. The number of rotatable bonds is 6. The Morgan fingerprint density at radius 3 is 2.29 bits per heavy atom. The molecule has 0 aromatic heterocycles. The van der Waals surface area contributed by atoms with E-state index in [-0.39, 0.29) is 24.0 Å². The van der Waals surface area contributed by atoms with Crippen molar-refractivity contribution in [2.24, 2.45) is 0 Å². The Labute approximate surface area is 143 Å². The summed E-state index contributed by atoms with van der Waals surface area (Å²) in [6.07, 6.45) is 0.694. The summed E-state index contributed by atoms with van der Waals surface area (Å²) in [6.45, 7) is 4.12. The van der Waals surface area contributed by atoms with Crippen LogP contribution in [0.4, 0.5) is 5.69 Å². The number of nitrogens with zero attached hydrogens (tertiary/aromatic N) is 1. The second kappa shape index (κ2) is 7.63. The molecule has 24 heavy (non-hydrogen) atoms. The van der Waals surface area contributed by atoms with Gasteiger partial charge in [-0.2, -0.15) is 0 Å². The molecule has 2 N–H and O–H groups in total. The van der Waals surface area contributed by atoms with Gasteiger partial charge in [0.25, 0.3) is 0 Å². The molecule has 1 aromatic carbocycles. The third-order valence-corrected chi connectivity index (χ3v) is 6.21. The summed E-state index contributed by atoms with van der Waals surface area (Å²) in [5.41, 5.74) is 3.00. The minimum atomic E-state index is -3.23. The van der Waals surface area contributed by atoms with Crippen molar-refractivity contribution in [3.63, 3.8) is 0 Å². The van der Waals surface area contributed by atoms with E-state index in [0.29, 0.717) is 0 Å². The lowest BCUT2D eigenvalue weighted by molar-refractivity contribution is -0.117. The van der Waals surface area contributed by atoms with Crippen molar-refractivity contribution in [3.05, 3.63) is 29.3 Å². The second-order valence-electron chi connectivity index (χ2n) is 6.33. The van der Waals surface area contributed by atoms with E-state index in [9.17, 15) is 18.3 Å². The van der Waals surface area contributed by atoms with E-state index in [1.807, 2.05) is 32.0 Å². The number of hydrogen-bond acceptors (Lipinski definition) is 5. The maximum atomic E-state index is 12.4. The van der Waals surface area contributed by atoms with Crippen LogP contribution in [0.5, 0.6) is 0 Å². The van der Waals surface area contributed by atoms with Gasteiger partial charge in [0, 0.05) is 5.69 Å². The Balaban J connectivity index is 2.06. The average molecular weight is 354 g/mol. The number of carbonyl (C=O) groups is 1. The van der Waals surface area contributed by atoms with Crippen LogP contribution < -0.4 is 5.32 Å². The van der Waals surface area contributed by atoms with E-state index >= 15 is 0 Å². The average Bonchev–Trinajstić information content (AvgIpc) is 2.80. The van der Waals surface area contributed by atoms with Crippen molar-refractivity contribution in [2.75, 3.05) is 30.4 Å². The molecule has 7 heteroatoms. The quantitative estimate of drug-likeness (QED) is 0.791. The fraction of sp³-hybridized carbons (Fsp3) is 0.588. The molecule has 0 saturated carbocycles. The predicted molar refractivity (Wildman–Crippen MR) is 94.9 cm³/mol. The third-order valence-electron chi connectivity index (χ3n) is 4.52. The molecule has 6 nitrogen and oxygen atoms in total. The first-order chi connectivity index (χ1) is 11.3. The minimum absolute atomic E-state index is 0.0401. The molecule has 2 rings (SSSR count). The maximum absolute atomic E-state index is 12.4. The van der Waals surface area contributed by atoms with Crippen LogP contribution in [0, 0.1) is 0 Å². The van der Waals surface area contributed by atoms with E-state index in [4.69, 9.17) is 0 Å². The van der Waals surface area contributed by atoms with Gasteiger partial charge < -0.3 is 10.4 Å². The van der Waals surface area contributed by atoms with Crippen molar-refractivity contribution in [1.29, 1.82) is 0 Å². The monoisotopic (exact) mass is 354 g/mol. The van der Waals surface area contributed by atoms with E-state index in [2.05, 4.69) is 5.32 Å². The van der Waals surface area contributed by atoms with Crippen molar-refractivity contribution >= 4 is 21.4 Å². The van der Waals surface area contributed by atoms with Crippen LogP contribution >= 0.6 is 0 Å². The minimum Gasteiger partial charge on any atom is -0.390 e. The number of aliphatic hydroxyl groups is 1. The Morgan fingerprint density at radius 2 is 1.83 bits per heavy atom. The SMILES string of the molecule is CCc1cccc(CC)c1NC(=O)CN(C)C1CS(=O)(=O)CC1O. The summed E-state index contributed by atoms with van der Waals surface area (Å²) >= 11 is 0. The lowest BCUT2D eigenvalue weighted by Gasteiger charge is -2.25. The molecular weight excluding hydrogens is 328 g/mol. The maximum Gasteiger partial charge on any atom is 0.238 e. The normalized spacial score (nSPS) is 22.7. The van der Waals surface area contributed by atoms with Crippen LogP contribution in [0.2, 0.25) is 0 Å². The molecule has 0 bridgehead atoms. The summed E-state index contributed by atoms with van der Waals surface area (Å²) in [5, 5.41) is 12.9. The lowest BCUT2D eigenvalue weighted by atomic mass is 10.0. The van der Waals surface area contributed by atoms with E-state index in [0.717, 1.165) is 29.7 Å². The highest BCUT2D eigenvalue weighted by Gasteiger charge is 2.39. The molecule has 1 aromatic rings. The highest BCUT2D eigenvalue weighted by Crippen LogP contribution is 2.23. The summed E-state index contributed by atoms with van der Waals surface area (Å²) in [6, 6.07) is 5.43. The van der Waals surface area contributed by atoms with Crippen LogP contribution in [0.25, 0.3) is 0 Å². The van der Waals surface area contributed by atoms with Crippen molar-refractivity contribution in [3.8, 4) is 0 Å². The molecule has 1 amide bonds. The number of anilines is 1. The number of hydrogen-bond donors (Lipinski definition) is 2. The molecule has 2 atom stereocenters. The van der Waals surface area contributed by atoms with Crippen LogP contribution in [0.3, 0.4) is 0 Å². The topological polar surface area (TPSA) is 86.7 Å². The molecular formula is C17H26N2O4S. The van der Waals surface area contributed by atoms with Gasteiger partial charge in [0.05, 0.1) is 30.2 Å². The largest absolute Gasteiger partial charge is 0.390 e. The molecule has 1 aliphatic heterocycles. The molecule has 0 radical (unpaired) electrons. The molecule has 1 fully saturated rings. The molecule has 2 unspecified atom stereocenters. The smallest absolute Gasteiger partial charge is 0.238 e. The number of benzene rings is 1. The van der Waals surface area contributed by atoms with Crippen molar-refractivity contribution in [1.82, 2.24) is 4.90 Å². The van der Waals surface area contributed by atoms with Gasteiger partial charge in [-0.25, -0.2) is 8.42 Å². The van der Waals surface area contributed by atoms with E-state index < -0.39 is 22.0 Å². The molecule has 1 heterocycles. The number of nitrogens with one attached hydrogen (secondary N) is 1. The van der Waals surface area contributed by atoms with E-state index in [1.54, 1.807) is 11.9 Å². The third kappa shape index (κ3) is 4.34. The molecule has 0 spiro atoms. The van der Waals surface area contributed by atoms with Crippen LogP contribution in [0.15, 0.2) is 18.2 Å². The van der Waals surface area contributed by atoms with Crippen LogP contribution in [-0.2, 0) is 27.5 Å². The summed E-state index contributed by atoms with van der Waals surface area (Å²) in [7, 11) is -1.56. The number of carbonyl (C=O) groups excluding carboxylic acids is 1. The van der Waals surface area contributed by atoms with Gasteiger partial charge in [-0.15, -0.1) is 0 Å². The summed E-state index contributed by atoms with van der Waals surface area (Å²) < 4.78 is 23.2. The van der Waals surface area contributed by atoms with E-state index in [1.165, 1.54) is 0 Å². The van der Waals surface area contributed by atoms with Crippen molar-refractivity contribution < 1.29 is 18.3 Å². The second-order valence-corrected chi connectivity index (χ2v) is 8.49. The van der Waals surface area contributed by atoms with Crippen molar-refractivity contribution in [2.45, 2.75) is 38.8 Å². The Morgan fingerprint density at radius 1 is 1.25 bits per heavy atom. The van der Waals surface area contributed by atoms with Gasteiger partial charge in [0.1, 0.15) is 0 Å². The zero-order chi connectivity index (χ0) is 17.9. The van der Waals surface area contributed by atoms with Gasteiger partial charge in [0.15, 0.2) is 9.84 Å². The number of likely N-dealkylation sites (N-methyl/N-ethyl adjacent to an activating group) is 1. The first kappa shape index (κ1) is 18.9. The van der Waals surface area contributed by atoms with Gasteiger partial charge in [-0.1, -0.05) is 32.0 Å². The number of para-hydroxylation sites is 1. The first-order valence-electron chi connectivity index (χ1n) is 8.26. The Bertz CT molecular complexity index is 680. The summed E-state index contributed by atoms with van der Waals surface area (Å²) in [5.74, 6) is -0.545. The fourth-order valence-electron chi connectivity index (χ4n) is 3.16. The van der Waals surface area contributed by atoms with Gasteiger partial charge in [0.2, 0.25) is 5.91 Å². The number of sulfone groups is 1. The Hall–Kier alpha value is -1.44. The number of aliphatic hydroxyl groups excluding tert-OH is 1. The highest BCUT2D eigenvalue weighted by atomic mass is 32.2. The predicted octanol–water partition coefficient (Wildman–Crippen LogP) is 0.840. The van der Waals surface area contributed by atoms with Gasteiger partial charge in [-0.05, 0) is 31.0 Å². The summed E-state index contributed by atoms with van der Waals surface area (Å²) in [4.78, 5) is 14.0.